The summed E-state index contributed by atoms with van der Waals surface area (Å²) in [4.78, 5) is 18.5. The highest BCUT2D eigenvalue weighted by Gasteiger charge is 2.47. The monoisotopic (exact) mass is 231 g/mol. The summed E-state index contributed by atoms with van der Waals surface area (Å²) in [7, 11) is 0. The summed E-state index contributed by atoms with van der Waals surface area (Å²) in [5.74, 6) is 0.325. The molecule has 3 heterocycles. The van der Waals surface area contributed by atoms with Crippen LogP contribution < -0.4 is 5.32 Å². The first-order valence-corrected chi connectivity index (χ1v) is 6.19. The SMILES string of the molecule is O=C1N(Cc2cccnc2)CC[C@]12CCNC2. The minimum atomic E-state index is -0.0950. The summed E-state index contributed by atoms with van der Waals surface area (Å²) >= 11 is 0. The van der Waals surface area contributed by atoms with E-state index in [0.29, 0.717) is 12.5 Å². The van der Waals surface area contributed by atoms with E-state index in [1.54, 1.807) is 6.20 Å². The number of amides is 1. The maximum Gasteiger partial charge on any atom is 0.230 e. The molecule has 1 amide bonds. The molecule has 2 fully saturated rings. The van der Waals surface area contributed by atoms with Crippen LogP contribution in [-0.2, 0) is 11.3 Å². The van der Waals surface area contributed by atoms with Gasteiger partial charge in [-0.2, -0.15) is 0 Å². The van der Waals surface area contributed by atoms with Crippen molar-refractivity contribution in [2.24, 2.45) is 5.41 Å². The van der Waals surface area contributed by atoms with Gasteiger partial charge in [-0.1, -0.05) is 6.07 Å². The minimum absolute atomic E-state index is 0.0950. The van der Waals surface area contributed by atoms with Gasteiger partial charge in [-0.05, 0) is 31.0 Å². The highest BCUT2D eigenvalue weighted by molar-refractivity contribution is 5.85. The van der Waals surface area contributed by atoms with Crippen LogP contribution in [0.15, 0.2) is 24.5 Å². The van der Waals surface area contributed by atoms with Crippen LogP contribution in [0.4, 0.5) is 0 Å². The zero-order valence-electron chi connectivity index (χ0n) is 9.85. The van der Waals surface area contributed by atoms with Crippen LogP contribution in [0.1, 0.15) is 18.4 Å². The molecule has 1 aromatic rings. The van der Waals surface area contributed by atoms with Crippen LogP contribution in [0, 0.1) is 5.41 Å². The third kappa shape index (κ3) is 1.82. The third-order valence-electron chi connectivity index (χ3n) is 3.94. The van der Waals surface area contributed by atoms with Crippen molar-refractivity contribution in [1.29, 1.82) is 0 Å². The van der Waals surface area contributed by atoms with Crippen LogP contribution in [0.2, 0.25) is 0 Å². The van der Waals surface area contributed by atoms with E-state index in [0.717, 1.165) is 38.0 Å². The van der Waals surface area contributed by atoms with E-state index >= 15 is 0 Å². The van der Waals surface area contributed by atoms with Gasteiger partial charge in [0.05, 0.1) is 5.41 Å². The lowest BCUT2D eigenvalue weighted by molar-refractivity contribution is -0.135. The minimum Gasteiger partial charge on any atom is -0.338 e. The van der Waals surface area contributed by atoms with Gasteiger partial charge in [0.1, 0.15) is 0 Å². The predicted octanol–water partition coefficient (Wildman–Crippen LogP) is 0.794. The van der Waals surface area contributed by atoms with Crippen molar-refractivity contribution < 1.29 is 4.79 Å². The number of rotatable bonds is 2. The number of nitrogens with zero attached hydrogens (tertiary/aromatic N) is 2. The van der Waals surface area contributed by atoms with Crippen LogP contribution in [0.5, 0.6) is 0 Å². The van der Waals surface area contributed by atoms with Gasteiger partial charge < -0.3 is 10.2 Å². The molecule has 1 aromatic heterocycles. The molecular formula is C13H17N3O. The van der Waals surface area contributed by atoms with Gasteiger partial charge in [0.25, 0.3) is 0 Å². The molecule has 4 heteroatoms. The molecule has 0 bridgehead atoms. The van der Waals surface area contributed by atoms with E-state index in [1.165, 1.54) is 0 Å². The highest BCUT2D eigenvalue weighted by Crippen LogP contribution is 2.37. The fraction of sp³-hybridized carbons (Fsp3) is 0.538. The van der Waals surface area contributed by atoms with Gasteiger partial charge in [-0.3, -0.25) is 9.78 Å². The summed E-state index contributed by atoms with van der Waals surface area (Å²) in [5, 5.41) is 3.31. The average molecular weight is 231 g/mol. The topological polar surface area (TPSA) is 45.2 Å². The molecule has 2 saturated heterocycles. The fourth-order valence-electron chi connectivity index (χ4n) is 2.90. The molecule has 0 aromatic carbocycles. The maximum absolute atomic E-state index is 12.4. The smallest absolute Gasteiger partial charge is 0.230 e. The van der Waals surface area contributed by atoms with E-state index in [-0.39, 0.29) is 5.41 Å². The van der Waals surface area contributed by atoms with Gasteiger partial charge in [0, 0.05) is 32.0 Å². The van der Waals surface area contributed by atoms with Crippen molar-refractivity contribution >= 4 is 5.91 Å². The number of aromatic nitrogens is 1. The van der Waals surface area contributed by atoms with Crippen LogP contribution in [0.3, 0.4) is 0 Å². The number of likely N-dealkylation sites (tertiary alicyclic amines) is 1. The van der Waals surface area contributed by atoms with Crippen molar-refractivity contribution in [3.05, 3.63) is 30.1 Å². The number of nitrogens with one attached hydrogen (secondary N) is 1. The fourth-order valence-corrected chi connectivity index (χ4v) is 2.90. The van der Waals surface area contributed by atoms with E-state index in [2.05, 4.69) is 10.3 Å². The summed E-state index contributed by atoms with van der Waals surface area (Å²) in [6, 6.07) is 3.95. The number of hydrogen-bond donors (Lipinski definition) is 1. The summed E-state index contributed by atoms with van der Waals surface area (Å²) in [6.07, 6.45) is 5.59. The second kappa shape index (κ2) is 4.11. The number of pyridine rings is 1. The van der Waals surface area contributed by atoms with Crippen molar-refractivity contribution in [2.75, 3.05) is 19.6 Å². The molecule has 17 heavy (non-hydrogen) atoms. The Morgan fingerprint density at radius 2 is 2.41 bits per heavy atom. The van der Waals surface area contributed by atoms with Gasteiger partial charge in [-0.15, -0.1) is 0 Å². The Kier molecular flexibility index (Phi) is 2.59. The van der Waals surface area contributed by atoms with E-state index in [1.807, 2.05) is 23.2 Å². The Labute approximate surface area is 101 Å². The standard InChI is InChI=1S/C13H17N3O/c17-12-13(3-6-15-10-13)4-7-16(12)9-11-2-1-5-14-8-11/h1-2,5,8,15H,3-4,6-7,9-10H2/t13-/m0/s1. The number of hydrogen-bond acceptors (Lipinski definition) is 3. The van der Waals surface area contributed by atoms with E-state index in [9.17, 15) is 4.79 Å². The maximum atomic E-state index is 12.4. The Hall–Kier alpha value is -1.42. The largest absolute Gasteiger partial charge is 0.338 e. The van der Waals surface area contributed by atoms with Crippen molar-refractivity contribution in [1.82, 2.24) is 15.2 Å². The first kappa shape index (κ1) is 10.7. The highest BCUT2D eigenvalue weighted by atomic mass is 16.2. The molecule has 1 N–H and O–H groups in total. The van der Waals surface area contributed by atoms with Gasteiger partial charge in [-0.25, -0.2) is 0 Å². The molecule has 2 aliphatic rings. The predicted molar refractivity (Wildman–Crippen MR) is 64.2 cm³/mol. The van der Waals surface area contributed by atoms with Crippen LogP contribution in [-0.4, -0.2) is 35.4 Å². The zero-order chi connectivity index (χ0) is 11.7. The van der Waals surface area contributed by atoms with Crippen molar-refractivity contribution in [2.45, 2.75) is 19.4 Å². The molecule has 3 rings (SSSR count). The summed E-state index contributed by atoms with van der Waals surface area (Å²) in [6.45, 7) is 3.42. The van der Waals surface area contributed by atoms with Crippen molar-refractivity contribution in [3.8, 4) is 0 Å². The Bertz CT molecular complexity index is 412. The number of carbonyl (C=O) groups is 1. The Balaban J connectivity index is 1.72. The summed E-state index contributed by atoms with van der Waals surface area (Å²) in [5.41, 5.74) is 1.02. The molecule has 4 nitrogen and oxygen atoms in total. The van der Waals surface area contributed by atoms with E-state index in [4.69, 9.17) is 0 Å². The van der Waals surface area contributed by atoms with Crippen molar-refractivity contribution in [3.63, 3.8) is 0 Å². The Morgan fingerprint density at radius 3 is 3.12 bits per heavy atom. The normalized spacial score (nSPS) is 28.2. The second-order valence-corrected chi connectivity index (χ2v) is 5.05. The molecule has 1 atom stereocenters. The summed E-state index contributed by atoms with van der Waals surface area (Å²) < 4.78 is 0. The first-order chi connectivity index (χ1) is 8.30. The molecule has 0 radical (unpaired) electrons. The molecule has 0 saturated carbocycles. The van der Waals surface area contributed by atoms with Gasteiger partial charge in [0.15, 0.2) is 0 Å². The lowest BCUT2D eigenvalue weighted by Gasteiger charge is -2.21. The van der Waals surface area contributed by atoms with Gasteiger partial charge in [0.2, 0.25) is 5.91 Å². The lowest BCUT2D eigenvalue weighted by Crippen LogP contribution is -2.35. The molecule has 1 spiro atoms. The Morgan fingerprint density at radius 1 is 1.47 bits per heavy atom. The van der Waals surface area contributed by atoms with Crippen LogP contribution >= 0.6 is 0 Å². The molecular weight excluding hydrogens is 214 g/mol. The molecule has 0 unspecified atom stereocenters. The van der Waals surface area contributed by atoms with E-state index < -0.39 is 0 Å². The quantitative estimate of drug-likeness (QED) is 0.818. The first-order valence-electron chi connectivity index (χ1n) is 6.19. The second-order valence-electron chi connectivity index (χ2n) is 5.05. The lowest BCUT2D eigenvalue weighted by atomic mass is 9.86. The average Bonchev–Trinajstić information content (AvgIpc) is 2.95. The third-order valence-corrected chi connectivity index (χ3v) is 3.94. The molecule has 2 aliphatic heterocycles. The molecule has 0 aliphatic carbocycles. The number of carbonyl (C=O) groups excluding carboxylic acids is 1. The van der Waals surface area contributed by atoms with Gasteiger partial charge >= 0.3 is 0 Å². The zero-order valence-corrected chi connectivity index (χ0v) is 9.85. The van der Waals surface area contributed by atoms with Crippen LogP contribution in [0.25, 0.3) is 0 Å². The molecule has 90 valence electrons.